The minimum atomic E-state index is -1.00. The number of carboxylic acid groups (broad SMARTS) is 1. The van der Waals surface area contributed by atoms with Crippen LogP contribution in [0.15, 0.2) is 18.2 Å². The fraction of sp³-hybridized carbons (Fsp3) is 0.385. The van der Waals surface area contributed by atoms with Gasteiger partial charge in [-0.1, -0.05) is 25.4 Å². The molecule has 5 nitrogen and oxygen atoms in total. The Kier molecular flexibility index (Phi) is 5.76. The summed E-state index contributed by atoms with van der Waals surface area (Å²) in [5.74, 6) is -1.62. The summed E-state index contributed by atoms with van der Waals surface area (Å²) >= 11 is 5.67. The number of carbonyl (C=O) groups excluding carboxylic acids is 1. The van der Waals surface area contributed by atoms with Crippen molar-refractivity contribution in [2.75, 3.05) is 5.32 Å². The third-order valence-electron chi connectivity index (χ3n) is 2.64. The van der Waals surface area contributed by atoms with Gasteiger partial charge in [-0.3, -0.25) is 4.79 Å². The van der Waals surface area contributed by atoms with Gasteiger partial charge in [0.15, 0.2) is 0 Å². The van der Waals surface area contributed by atoms with Crippen molar-refractivity contribution < 1.29 is 19.1 Å². The summed E-state index contributed by atoms with van der Waals surface area (Å²) in [6, 6.07) is 2.51. The number of rotatable bonds is 5. The molecule has 20 heavy (non-hydrogen) atoms. The Balaban J connectivity index is 2.67. The zero-order valence-electron chi connectivity index (χ0n) is 11.1. The topological polar surface area (TPSA) is 78.4 Å². The van der Waals surface area contributed by atoms with Crippen LogP contribution in [0, 0.1) is 11.7 Å². The van der Waals surface area contributed by atoms with E-state index in [1.165, 1.54) is 6.07 Å². The highest BCUT2D eigenvalue weighted by Crippen LogP contribution is 2.18. The van der Waals surface area contributed by atoms with Gasteiger partial charge in [0.1, 0.15) is 5.82 Å². The number of hydrogen-bond donors (Lipinski definition) is 3. The smallest absolute Gasteiger partial charge is 0.319 e. The quantitative estimate of drug-likeness (QED) is 0.782. The SMILES string of the molecule is CC(C)C(CC(=O)O)NC(=O)Nc1cc(F)cc(Cl)c1. The molecule has 0 spiro atoms. The maximum atomic E-state index is 13.1. The van der Waals surface area contributed by atoms with Gasteiger partial charge in [0.2, 0.25) is 0 Å². The molecule has 0 aliphatic carbocycles. The summed E-state index contributed by atoms with van der Waals surface area (Å²) in [6.45, 7) is 3.60. The van der Waals surface area contributed by atoms with E-state index in [1.807, 2.05) is 0 Å². The molecule has 0 bridgehead atoms. The summed E-state index contributed by atoms with van der Waals surface area (Å²) in [7, 11) is 0. The van der Waals surface area contributed by atoms with Gasteiger partial charge < -0.3 is 15.7 Å². The molecule has 0 fully saturated rings. The molecular weight excluding hydrogens is 287 g/mol. The zero-order valence-corrected chi connectivity index (χ0v) is 11.9. The van der Waals surface area contributed by atoms with E-state index in [9.17, 15) is 14.0 Å². The van der Waals surface area contributed by atoms with E-state index in [-0.39, 0.29) is 23.0 Å². The van der Waals surface area contributed by atoms with E-state index in [1.54, 1.807) is 13.8 Å². The number of carboxylic acids is 1. The summed E-state index contributed by atoms with van der Waals surface area (Å²) in [5, 5.41) is 13.9. The molecule has 1 aromatic carbocycles. The van der Waals surface area contributed by atoms with Crippen LogP contribution < -0.4 is 10.6 Å². The number of urea groups is 1. The van der Waals surface area contributed by atoms with Gasteiger partial charge in [-0.15, -0.1) is 0 Å². The van der Waals surface area contributed by atoms with Crippen molar-refractivity contribution >= 4 is 29.3 Å². The lowest BCUT2D eigenvalue weighted by atomic mass is 10.0. The standard InChI is InChI=1S/C13H16ClFN2O3/c1-7(2)11(6-12(18)19)17-13(20)16-10-4-8(14)3-9(15)5-10/h3-5,7,11H,6H2,1-2H3,(H,18,19)(H2,16,17,20). The highest BCUT2D eigenvalue weighted by Gasteiger charge is 2.19. The minimum absolute atomic E-state index is 0.0482. The van der Waals surface area contributed by atoms with Crippen molar-refractivity contribution in [3.63, 3.8) is 0 Å². The Morgan fingerprint density at radius 3 is 2.50 bits per heavy atom. The van der Waals surface area contributed by atoms with Crippen LogP contribution in [0.1, 0.15) is 20.3 Å². The predicted octanol–water partition coefficient (Wildman–Crippen LogP) is 3.10. The molecule has 3 N–H and O–H groups in total. The number of carbonyl (C=O) groups is 2. The average Bonchev–Trinajstić information content (AvgIpc) is 2.25. The largest absolute Gasteiger partial charge is 0.481 e. The molecule has 7 heteroatoms. The molecule has 0 aliphatic heterocycles. The number of benzene rings is 1. The van der Waals surface area contributed by atoms with Crippen LogP contribution in [0.2, 0.25) is 5.02 Å². The Labute approximate surface area is 121 Å². The van der Waals surface area contributed by atoms with Gasteiger partial charge in [0.25, 0.3) is 0 Å². The molecule has 1 aromatic rings. The lowest BCUT2D eigenvalue weighted by molar-refractivity contribution is -0.137. The van der Waals surface area contributed by atoms with Gasteiger partial charge in [-0.25, -0.2) is 9.18 Å². The van der Waals surface area contributed by atoms with Crippen molar-refractivity contribution in [1.82, 2.24) is 5.32 Å². The first kappa shape index (κ1) is 16.2. The highest BCUT2D eigenvalue weighted by atomic mass is 35.5. The van der Waals surface area contributed by atoms with Crippen LogP contribution in [-0.4, -0.2) is 23.1 Å². The van der Waals surface area contributed by atoms with Crippen molar-refractivity contribution in [1.29, 1.82) is 0 Å². The summed E-state index contributed by atoms with van der Waals surface area (Å²) in [5.41, 5.74) is 0.199. The zero-order chi connectivity index (χ0) is 15.3. The second-order valence-electron chi connectivity index (χ2n) is 4.70. The molecule has 0 saturated carbocycles. The van der Waals surface area contributed by atoms with Crippen molar-refractivity contribution in [2.24, 2.45) is 5.92 Å². The third kappa shape index (κ3) is 5.44. The van der Waals surface area contributed by atoms with E-state index >= 15 is 0 Å². The van der Waals surface area contributed by atoms with Gasteiger partial charge in [0, 0.05) is 16.8 Å². The number of hydrogen-bond acceptors (Lipinski definition) is 2. The molecule has 0 aliphatic rings. The number of nitrogens with one attached hydrogen (secondary N) is 2. The van der Waals surface area contributed by atoms with Gasteiger partial charge >= 0.3 is 12.0 Å². The molecule has 110 valence electrons. The second kappa shape index (κ2) is 7.09. The summed E-state index contributed by atoms with van der Waals surface area (Å²) in [4.78, 5) is 22.5. The molecule has 0 saturated heterocycles. The van der Waals surface area contributed by atoms with Crippen molar-refractivity contribution in [2.45, 2.75) is 26.3 Å². The van der Waals surface area contributed by atoms with Crippen molar-refractivity contribution in [3.8, 4) is 0 Å². The minimum Gasteiger partial charge on any atom is -0.481 e. The summed E-state index contributed by atoms with van der Waals surface area (Å²) < 4.78 is 13.1. The van der Waals surface area contributed by atoms with Gasteiger partial charge in [-0.05, 0) is 24.1 Å². The third-order valence-corrected chi connectivity index (χ3v) is 2.85. The van der Waals surface area contributed by atoms with Crippen LogP contribution in [0.3, 0.4) is 0 Å². The fourth-order valence-corrected chi connectivity index (χ4v) is 1.82. The first-order valence-corrected chi connectivity index (χ1v) is 6.41. The molecule has 0 aromatic heterocycles. The first-order chi connectivity index (χ1) is 9.27. The number of anilines is 1. The van der Waals surface area contributed by atoms with E-state index in [0.717, 1.165) is 12.1 Å². The molecule has 1 rings (SSSR count). The number of halogens is 2. The van der Waals surface area contributed by atoms with Gasteiger partial charge in [-0.2, -0.15) is 0 Å². The normalized spacial score (nSPS) is 12.1. The van der Waals surface area contributed by atoms with E-state index < -0.39 is 23.9 Å². The monoisotopic (exact) mass is 302 g/mol. The lowest BCUT2D eigenvalue weighted by Gasteiger charge is -2.20. The highest BCUT2D eigenvalue weighted by molar-refractivity contribution is 6.30. The van der Waals surface area contributed by atoms with Crippen LogP contribution in [-0.2, 0) is 4.79 Å². The molecule has 1 atom stereocenters. The van der Waals surface area contributed by atoms with Crippen LogP contribution in [0.5, 0.6) is 0 Å². The molecular formula is C13H16ClFN2O3. The van der Waals surface area contributed by atoms with Crippen molar-refractivity contribution in [3.05, 3.63) is 29.0 Å². The molecule has 0 radical (unpaired) electrons. The lowest BCUT2D eigenvalue weighted by Crippen LogP contribution is -2.42. The molecule has 1 unspecified atom stereocenters. The van der Waals surface area contributed by atoms with E-state index in [4.69, 9.17) is 16.7 Å². The number of aliphatic carboxylic acids is 1. The maximum Gasteiger partial charge on any atom is 0.319 e. The average molecular weight is 303 g/mol. The molecule has 2 amide bonds. The Hall–Kier alpha value is -1.82. The van der Waals surface area contributed by atoms with Crippen LogP contribution >= 0.6 is 11.6 Å². The van der Waals surface area contributed by atoms with E-state index in [2.05, 4.69) is 10.6 Å². The van der Waals surface area contributed by atoms with Crippen LogP contribution in [0.4, 0.5) is 14.9 Å². The Bertz CT molecular complexity index is 488. The maximum absolute atomic E-state index is 13.1. The molecule has 0 heterocycles. The number of amides is 2. The Morgan fingerprint density at radius 2 is 2.00 bits per heavy atom. The first-order valence-electron chi connectivity index (χ1n) is 6.03. The van der Waals surface area contributed by atoms with E-state index in [0.29, 0.717) is 0 Å². The predicted molar refractivity (Wildman–Crippen MR) is 74.4 cm³/mol. The van der Waals surface area contributed by atoms with Gasteiger partial charge in [0.05, 0.1) is 6.42 Å². The second-order valence-corrected chi connectivity index (χ2v) is 5.14. The summed E-state index contributed by atoms with van der Waals surface area (Å²) in [6.07, 6.45) is -0.186. The Morgan fingerprint density at radius 1 is 1.35 bits per heavy atom. The van der Waals surface area contributed by atoms with Crippen LogP contribution in [0.25, 0.3) is 0 Å². The fourth-order valence-electron chi connectivity index (χ4n) is 1.60.